The molecule has 17 rings (SSSR count). The van der Waals surface area contributed by atoms with Crippen LogP contribution in [-0.2, 0) is 0 Å². The lowest BCUT2D eigenvalue weighted by Gasteiger charge is -2.45. The van der Waals surface area contributed by atoms with E-state index in [1.54, 1.807) is 0 Å². The molecule has 4 heteroatoms. The van der Waals surface area contributed by atoms with Gasteiger partial charge in [0.15, 0.2) is 0 Å². The summed E-state index contributed by atoms with van der Waals surface area (Å²) in [6.07, 6.45) is 0. The Kier molecular flexibility index (Phi) is 11.0. The summed E-state index contributed by atoms with van der Waals surface area (Å²) < 4.78 is 2.47. The molecule has 0 radical (unpaired) electrons. The molecule has 2 aliphatic heterocycles. The first-order valence-electron chi connectivity index (χ1n) is 29.1. The highest BCUT2D eigenvalue weighted by Gasteiger charge is 2.45. The second kappa shape index (κ2) is 19.4. The Balaban J connectivity index is 1.02. The number of nitrogens with zero attached hydrogens (tertiary/aromatic N) is 3. The van der Waals surface area contributed by atoms with Gasteiger partial charge < -0.3 is 14.4 Å². The Bertz CT molecular complexity index is 4870. The SMILES string of the molecule is c1ccc(-c2cccc(-c3ccccc3)c2N2c3cc(-c4c5ccccc5cc5ccccc45)ccc3B3c4ccc(-n5c6ccccc6c6ccccc65)cc4N(c4c(-c5ccccc5)cccc4-c4ccccc4)c4cccc2c43)cc1. The first-order chi connectivity index (χ1) is 41.7. The average Bonchev–Trinajstić information content (AvgIpc) is 1.11. The van der Waals surface area contributed by atoms with Crippen LogP contribution in [0.15, 0.2) is 315 Å². The third-order valence-electron chi connectivity index (χ3n) is 17.7. The van der Waals surface area contributed by atoms with Crippen molar-refractivity contribution < 1.29 is 0 Å². The van der Waals surface area contributed by atoms with E-state index >= 15 is 0 Å². The zero-order chi connectivity index (χ0) is 55.2. The molecule has 0 N–H and O–H groups in total. The predicted molar refractivity (Wildman–Crippen MR) is 357 cm³/mol. The zero-order valence-electron chi connectivity index (χ0n) is 45.9. The molecule has 0 aliphatic carbocycles. The topological polar surface area (TPSA) is 11.4 Å². The molecule has 0 amide bonds. The summed E-state index contributed by atoms with van der Waals surface area (Å²) in [7, 11) is 0. The standard InChI is InChI=1S/C80H52BN3/c1-5-24-53(25-6-1)63-38-21-39-64(54-26-7-2-8-27-54)79(63)83-73-44-23-45-74-78(73)81(69-48-46-59(51-75(69)83)77-61-34-15-13-32-57(61)50-58-33-14-16-35-62(58)77)70-49-47-60(82-71-42-19-17-36-67(71)68-37-18-20-43-72(68)82)52-76(70)84(74)80-65(55-28-9-3-10-29-55)40-22-41-66(80)56-30-11-4-12-31-56/h1-52H. The lowest BCUT2D eigenvalue weighted by Crippen LogP contribution is -2.61. The minimum Gasteiger partial charge on any atom is -0.310 e. The lowest BCUT2D eigenvalue weighted by atomic mass is 9.33. The number of aromatic nitrogens is 1. The van der Waals surface area contributed by atoms with E-state index in [1.807, 2.05) is 0 Å². The molecule has 14 aromatic carbocycles. The maximum atomic E-state index is 2.64. The van der Waals surface area contributed by atoms with Crippen molar-refractivity contribution in [1.29, 1.82) is 0 Å². The highest BCUT2D eigenvalue weighted by atomic mass is 15.2. The first-order valence-corrected chi connectivity index (χ1v) is 29.1. The summed E-state index contributed by atoms with van der Waals surface area (Å²) >= 11 is 0. The van der Waals surface area contributed by atoms with Gasteiger partial charge in [0.1, 0.15) is 0 Å². The third kappa shape index (κ3) is 7.40. The minimum absolute atomic E-state index is 0.160. The van der Waals surface area contributed by atoms with Crippen LogP contribution < -0.4 is 26.2 Å². The van der Waals surface area contributed by atoms with Crippen molar-refractivity contribution in [1.82, 2.24) is 4.57 Å². The van der Waals surface area contributed by atoms with Crippen molar-refractivity contribution in [2.24, 2.45) is 0 Å². The fraction of sp³-hybridized carbons (Fsp3) is 0. The minimum atomic E-state index is -0.160. The van der Waals surface area contributed by atoms with Crippen molar-refractivity contribution in [3.63, 3.8) is 0 Å². The fourth-order valence-corrected chi connectivity index (χ4v) is 14.2. The predicted octanol–water partition coefficient (Wildman–Crippen LogP) is 19.5. The Morgan fingerprint density at radius 2 is 0.631 bits per heavy atom. The van der Waals surface area contributed by atoms with Crippen LogP contribution in [0.3, 0.4) is 0 Å². The average molecular weight is 1070 g/mol. The number of rotatable bonds is 8. The number of hydrogen-bond donors (Lipinski definition) is 0. The molecule has 3 nitrogen and oxygen atoms in total. The summed E-state index contributed by atoms with van der Waals surface area (Å²) in [5, 5.41) is 7.39. The number of fused-ring (bicyclic) bond motifs is 9. The molecule has 1 aromatic heterocycles. The highest BCUT2D eigenvalue weighted by Crippen LogP contribution is 2.53. The van der Waals surface area contributed by atoms with Gasteiger partial charge in [0.2, 0.25) is 0 Å². The Morgan fingerprint density at radius 1 is 0.250 bits per heavy atom. The third-order valence-corrected chi connectivity index (χ3v) is 17.7. The number of anilines is 6. The highest BCUT2D eigenvalue weighted by molar-refractivity contribution is 7.00. The molecule has 84 heavy (non-hydrogen) atoms. The number of hydrogen-bond acceptors (Lipinski definition) is 2. The summed E-state index contributed by atoms with van der Waals surface area (Å²) in [5.41, 5.74) is 25.7. The summed E-state index contributed by atoms with van der Waals surface area (Å²) in [5.74, 6) is 0. The Morgan fingerprint density at radius 3 is 1.10 bits per heavy atom. The monoisotopic (exact) mass is 1070 g/mol. The molecule has 15 aromatic rings. The summed E-state index contributed by atoms with van der Waals surface area (Å²) in [6.45, 7) is -0.160. The van der Waals surface area contributed by atoms with E-state index in [4.69, 9.17) is 0 Å². The molecule has 0 saturated heterocycles. The normalized spacial score (nSPS) is 12.5. The van der Waals surface area contributed by atoms with E-state index in [9.17, 15) is 0 Å². The molecule has 0 atom stereocenters. The molecule has 3 heterocycles. The largest absolute Gasteiger partial charge is 0.310 e. The van der Waals surface area contributed by atoms with Gasteiger partial charge in [-0.15, -0.1) is 0 Å². The van der Waals surface area contributed by atoms with E-state index in [0.717, 1.165) is 84.3 Å². The van der Waals surface area contributed by atoms with Crippen LogP contribution >= 0.6 is 0 Å². The molecule has 0 saturated carbocycles. The van der Waals surface area contributed by atoms with E-state index in [2.05, 4.69) is 330 Å². The maximum Gasteiger partial charge on any atom is 0.252 e. The van der Waals surface area contributed by atoms with Crippen LogP contribution in [-0.4, -0.2) is 11.3 Å². The fourth-order valence-electron chi connectivity index (χ4n) is 14.2. The smallest absolute Gasteiger partial charge is 0.252 e. The van der Waals surface area contributed by atoms with E-state index in [-0.39, 0.29) is 6.71 Å². The molecule has 390 valence electrons. The quantitative estimate of drug-likeness (QED) is 0.111. The number of benzene rings is 14. The van der Waals surface area contributed by atoms with Crippen molar-refractivity contribution >= 4 is 101 Å². The van der Waals surface area contributed by atoms with Gasteiger partial charge >= 0.3 is 0 Å². The molecule has 0 fully saturated rings. The number of para-hydroxylation sites is 4. The molecule has 2 aliphatic rings. The molecule has 0 bridgehead atoms. The molecular weight excluding hydrogens is 1010 g/mol. The van der Waals surface area contributed by atoms with Gasteiger partial charge in [-0.3, -0.25) is 0 Å². The van der Waals surface area contributed by atoms with Crippen molar-refractivity contribution in [2.75, 3.05) is 9.80 Å². The van der Waals surface area contributed by atoms with Gasteiger partial charge in [0.05, 0.1) is 22.4 Å². The second-order valence-electron chi connectivity index (χ2n) is 22.3. The van der Waals surface area contributed by atoms with Gasteiger partial charge in [0.25, 0.3) is 6.71 Å². The van der Waals surface area contributed by atoms with Crippen molar-refractivity contribution in [2.45, 2.75) is 0 Å². The Labute approximate surface area is 488 Å². The van der Waals surface area contributed by atoms with Crippen LogP contribution in [0.25, 0.3) is 105 Å². The molecule has 0 spiro atoms. The summed E-state index contributed by atoms with van der Waals surface area (Å²) in [4.78, 5) is 5.27. The van der Waals surface area contributed by atoms with Gasteiger partial charge in [-0.25, -0.2) is 0 Å². The zero-order valence-corrected chi connectivity index (χ0v) is 45.9. The van der Waals surface area contributed by atoms with Gasteiger partial charge in [-0.1, -0.05) is 267 Å². The maximum absolute atomic E-state index is 2.64. The Hall–Kier alpha value is -10.9. The van der Waals surface area contributed by atoms with Crippen molar-refractivity contribution in [3.8, 4) is 61.3 Å². The van der Waals surface area contributed by atoms with Crippen LogP contribution in [0, 0.1) is 0 Å². The summed E-state index contributed by atoms with van der Waals surface area (Å²) in [6, 6.07) is 117. The molecular formula is C80H52BN3. The van der Waals surface area contributed by atoms with E-state index in [1.165, 1.54) is 70.9 Å². The van der Waals surface area contributed by atoms with Gasteiger partial charge in [-0.05, 0) is 120 Å². The first kappa shape index (κ1) is 47.8. The second-order valence-corrected chi connectivity index (χ2v) is 22.3. The van der Waals surface area contributed by atoms with Crippen molar-refractivity contribution in [3.05, 3.63) is 315 Å². The van der Waals surface area contributed by atoms with Crippen LogP contribution in [0.1, 0.15) is 0 Å². The molecule has 0 unspecified atom stereocenters. The van der Waals surface area contributed by atoms with Crippen LogP contribution in [0.5, 0.6) is 0 Å². The van der Waals surface area contributed by atoms with E-state index in [0.29, 0.717) is 0 Å². The van der Waals surface area contributed by atoms with E-state index < -0.39 is 0 Å². The van der Waals surface area contributed by atoms with Gasteiger partial charge in [0, 0.05) is 61.5 Å². The van der Waals surface area contributed by atoms with Crippen LogP contribution in [0.2, 0.25) is 0 Å². The lowest BCUT2D eigenvalue weighted by molar-refractivity contribution is 1.17. The van der Waals surface area contributed by atoms with Crippen LogP contribution in [0.4, 0.5) is 34.1 Å². The van der Waals surface area contributed by atoms with Gasteiger partial charge in [-0.2, -0.15) is 0 Å².